The van der Waals surface area contributed by atoms with Gasteiger partial charge in [0.1, 0.15) is 0 Å². The van der Waals surface area contributed by atoms with E-state index >= 15 is 0 Å². The number of carboxylic acid groups (broad SMARTS) is 1. The van der Waals surface area contributed by atoms with Gasteiger partial charge in [0.15, 0.2) is 0 Å². The van der Waals surface area contributed by atoms with Gasteiger partial charge in [-0.3, -0.25) is 9.78 Å². The predicted octanol–water partition coefficient (Wildman–Crippen LogP) is 3.48. The minimum absolute atomic E-state index is 0.0314. The van der Waals surface area contributed by atoms with E-state index < -0.39 is 5.97 Å². The number of hydrogen-bond donors (Lipinski definition) is 1. The molecule has 1 aromatic heterocycles. The average molecular weight is 368 g/mol. The zero-order chi connectivity index (χ0) is 19.2. The van der Waals surface area contributed by atoms with Gasteiger partial charge in [-0.05, 0) is 43.5 Å². The third-order valence-corrected chi connectivity index (χ3v) is 4.64. The molecule has 1 aliphatic heterocycles. The molecule has 6 heteroatoms. The van der Waals surface area contributed by atoms with Gasteiger partial charge >= 0.3 is 5.97 Å². The van der Waals surface area contributed by atoms with Gasteiger partial charge in [-0.15, -0.1) is 0 Å². The van der Waals surface area contributed by atoms with Crippen molar-refractivity contribution in [3.63, 3.8) is 0 Å². The number of aromatic nitrogens is 1. The Kier molecular flexibility index (Phi) is 6.19. The van der Waals surface area contributed by atoms with Gasteiger partial charge in [-0.25, -0.2) is 4.79 Å². The number of amides is 1. The second-order valence-corrected chi connectivity index (χ2v) is 6.70. The molecule has 1 aromatic carbocycles. The third-order valence-electron chi connectivity index (χ3n) is 4.64. The maximum atomic E-state index is 12.9. The number of pyridine rings is 1. The van der Waals surface area contributed by atoms with Crippen molar-refractivity contribution in [1.82, 2.24) is 9.88 Å². The van der Waals surface area contributed by atoms with Gasteiger partial charge in [0.2, 0.25) is 0 Å². The highest BCUT2D eigenvalue weighted by Gasteiger charge is 2.25. The van der Waals surface area contributed by atoms with E-state index in [1.165, 1.54) is 18.3 Å². The summed E-state index contributed by atoms with van der Waals surface area (Å²) in [5.74, 6) is -1.03. The smallest absolute Gasteiger partial charge is 0.335 e. The summed E-state index contributed by atoms with van der Waals surface area (Å²) in [5, 5.41) is 9.16. The first-order valence-corrected chi connectivity index (χ1v) is 9.29. The van der Waals surface area contributed by atoms with E-state index in [1.807, 2.05) is 11.0 Å². The number of aromatic carboxylic acids is 1. The lowest BCUT2D eigenvalue weighted by Gasteiger charge is -2.32. The first kappa shape index (κ1) is 19.0. The van der Waals surface area contributed by atoms with Gasteiger partial charge in [0, 0.05) is 37.0 Å². The fourth-order valence-corrected chi connectivity index (χ4v) is 3.26. The van der Waals surface area contributed by atoms with Crippen molar-refractivity contribution in [3.8, 4) is 11.3 Å². The van der Waals surface area contributed by atoms with Crippen LogP contribution in [0, 0.1) is 0 Å². The maximum Gasteiger partial charge on any atom is 0.335 e. The van der Waals surface area contributed by atoms with Crippen molar-refractivity contribution in [1.29, 1.82) is 0 Å². The molecule has 6 nitrogen and oxygen atoms in total. The molecular weight excluding hydrogens is 344 g/mol. The van der Waals surface area contributed by atoms with Crippen LogP contribution < -0.4 is 0 Å². The van der Waals surface area contributed by atoms with E-state index in [-0.39, 0.29) is 17.6 Å². The molecule has 1 aliphatic rings. The molecule has 27 heavy (non-hydrogen) atoms. The number of nitrogens with zero attached hydrogens (tertiary/aromatic N) is 2. The summed E-state index contributed by atoms with van der Waals surface area (Å²) in [6, 6.07) is 10.1. The second kappa shape index (κ2) is 8.77. The SMILES string of the molecule is CCCO[C@@H]1CCCN(C(=O)c2cccc(-c3cc(C(=O)O)ccn3)c2)C1. The first-order chi connectivity index (χ1) is 13.1. The van der Waals surface area contributed by atoms with Crippen LogP contribution in [0.1, 0.15) is 46.9 Å². The summed E-state index contributed by atoms with van der Waals surface area (Å²) < 4.78 is 5.82. The summed E-state index contributed by atoms with van der Waals surface area (Å²) >= 11 is 0. The number of rotatable bonds is 6. The lowest BCUT2D eigenvalue weighted by atomic mass is 10.0. The molecule has 1 saturated heterocycles. The fourth-order valence-electron chi connectivity index (χ4n) is 3.26. The van der Waals surface area contributed by atoms with Crippen molar-refractivity contribution in [2.24, 2.45) is 0 Å². The van der Waals surface area contributed by atoms with Crippen LogP contribution in [0.25, 0.3) is 11.3 Å². The summed E-state index contributed by atoms with van der Waals surface area (Å²) in [6.45, 7) is 4.12. The van der Waals surface area contributed by atoms with Gasteiger partial charge in [-0.1, -0.05) is 19.1 Å². The van der Waals surface area contributed by atoms with Crippen LogP contribution in [0.15, 0.2) is 42.6 Å². The Morgan fingerprint density at radius 1 is 1.26 bits per heavy atom. The van der Waals surface area contributed by atoms with Gasteiger partial charge in [0.05, 0.1) is 17.4 Å². The summed E-state index contributed by atoms with van der Waals surface area (Å²) in [7, 11) is 0. The molecule has 1 amide bonds. The van der Waals surface area contributed by atoms with E-state index in [1.54, 1.807) is 18.2 Å². The molecule has 3 rings (SSSR count). The lowest BCUT2D eigenvalue weighted by Crippen LogP contribution is -2.43. The van der Waals surface area contributed by atoms with Gasteiger partial charge in [-0.2, -0.15) is 0 Å². The first-order valence-electron chi connectivity index (χ1n) is 9.29. The predicted molar refractivity (Wildman–Crippen MR) is 102 cm³/mol. The Morgan fingerprint density at radius 2 is 2.11 bits per heavy atom. The van der Waals surface area contributed by atoms with Crippen molar-refractivity contribution >= 4 is 11.9 Å². The normalized spacial score (nSPS) is 16.9. The molecule has 0 saturated carbocycles. The molecule has 0 aliphatic carbocycles. The summed E-state index contributed by atoms with van der Waals surface area (Å²) in [4.78, 5) is 30.2. The number of piperidine rings is 1. The highest BCUT2D eigenvalue weighted by Crippen LogP contribution is 2.22. The zero-order valence-electron chi connectivity index (χ0n) is 15.4. The van der Waals surface area contributed by atoms with E-state index in [9.17, 15) is 9.59 Å². The number of carbonyl (C=O) groups excluding carboxylic acids is 1. The number of carbonyl (C=O) groups is 2. The van der Waals surface area contributed by atoms with Crippen molar-refractivity contribution < 1.29 is 19.4 Å². The van der Waals surface area contributed by atoms with E-state index in [0.29, 0.717) is 24.4 Å². The zero-order valence-corrected chi connectivity index (χ0v) is 15.4. The van der Waals surface area contributed by atoms with Crippen molar-refractivity contribution in [3.05, 3.63) is 53.7 Å². The summed E-state index contributed by atoms with van der Waals surface area (Å²) in [6.07, 6.45) is 4.44. The fraction of sp³-hybridized carbons (Fsp3) is 0.381. The molecule has 0 radical (unpaired) electrons. The lowest BCUT2D eigenvalue weighted by molar-refractivity contribution is 0.00211. The molecule has 1 fully saturated rings. The molecule has 0 unspecified atom stereocenters. The average Bonchev–Trinajstić information content (AvgIpc) is 2.72. The Morgan fingerprint density at radius 3 is 2.89 bits per heavy atom. The van der Waals surface area contributed by atoms with Crippen LogP contribution in [-0.2, 0) is 4.74 Å². The topological polar surface area (TPSA) is 79.7 Å². The van der Waals surface area contributed by atoms with Crippen LogP contribution in [0.2, 0.25) is 0 Å². The molecular formula is C21H24N2O4. The van der Waals surface area contributed by atoms with Crippen LogP contribution >= 0.6 is 0 Å². The Labute approximate surface area is 158 Å². The Hall–Kier alpha value is -2.73. The number of hydrogen-bond acceptors (Lipinski definition) is 4. The van der Waals surface area contributed by atoms with Gasteiger partial charge < -0.3 is 14.7 Å². The molecule has 0 spiro atoms. The van der Waals surface area contributed by atoms with Crippen molar-refractivity contribution in [2.75, 3.05) is 19.7 Å². The van der Waals surface area contributed by atoms with Crippen LogP contribution in [0.3, 0.4) is 0 Å². The quantitative estimate of drug-likeness (QED) is 0.844. The highest BCUT2D eigenvalue weighted by molar-refractivity contribution is 5.95. The molecule has 2 heterocycles. The number of carboxylic acids is 1. The van der Waals surface area contributed by atoms with Crippen molar-refractivity contribution in [2.45, 2.75) is 32.3 Å². The minimum atomic E-state index is -1.00. The molecule has 1 atom stereocenters. The highest BCUT2D eigenvalue weighted by atomic mass is 16.5. The molecule has 142 valence electrons. The molecule has 2 aromatic rings. The molecule has 0 bridgehead atoms. The number of ether oxygens (including phenoxy) is 1. The largest absolute Gasteiger partial charge is 0.478 e. The van der Waals surface area contributed by atoms with E-state index in [0.717, 1.165) is 31.4 Å². The van der Waals surface area contributed by atoms with Gasteiger partial charge in [0.25, 0.3) is 5.91 Å². The minimum Gasteiger partial charge on any atom is -0.478 e. The molecule has 1 N–H and O–H groups in total. The summed E-state index contributed by atoms with van der Waals surface area (Å²) in [5.41, 5.74) is 2.00. The standard InChI is InChI=1S/C21H24N2O4/c1-2-11-27-18-7-4-10-23(14-18)20(24)16-6-3-5-15(12-16)19-13-17(21(25)26)8-9-22-19/h3,5-6,8-9,12-13,18H,2,4,7,10-11,14H2,1H3,(H,25,26)/t18-/m1/s1. The van der Waals surface area contributed by atoms with E-state index in [4.69, 9.17) is 9.84 Å². The Bertz CT molecular complexity index is 821. The van der Waals surface area contributed by atoms with Crippen LogP contribution in [-0.4, -0.2) is 52.7 Å². The second-order valence-electron chi connectivity index (χ2n) is 6.70. The number of likely N-dealkylation sites (tertiary alicyclic amines) is 1. The third kappa shape index (κ3) is 4.71. The van der Waals surface area contributed by atoms with Crippen LogP contribution in [0.4, 0.5) is 0 Å². The monoisotopic (exact) mass is 368 g/mol. The van der Waals surface area contributed by atoms with Crippen LogP contribution in [0.5, 0.6) is 0 Å². The Balaban J connectivity index is 1.78. The number of benzene rings is 1. The maximum absolute atomic E-state index is 12.9. The van der Waals surface area contributed by atoms with E-state index in [2.05, 4.69) is 11.9 Å².